The maximum Gasteiger partial charge on any atom is 0.143 e. The minimum absolute atomic E-state index is 0.0361. The second-order valence-corrected chi connectivity index (χ2v) is 7.87. The molecular weight excluding hydrogens is 388 g/mol. The van der Waals surface area contributed by atoms with Crippen LogP contribution in [0.25, 0.3) is 5.69 Å². The zero-order valence-corrected chi connectivity index (χ0v) is 17.3. The number of hydrogen-bond donors (Lipinski definition) is 2. The van der Waals surface area contributed by atoms with Gasteiger partial charge in [-0.05, 0) is 65.7 Å². The molecule has 5 rings (SSSR count). The van der Waals surface area contributed by atoms with E-state index < -0.39 is 0 Å². The van der Waals surface area contributed by atoms with Crippen LogP contribution in [0.4, 0.5) is 0 Å². The highest BCUT2D eigenvalue weighted by molar-refractivity contribution is 5.44. The maximum atomic E-state index is 6.24. The average Bonchev–Trinajstić information content (AvgIpc) is 3.54. The van der Waals surface area contributed by atoms with Crippen LogP contribution in [0.2, 0.25) is 0 Å². The summed E-state index contributed by atoms with van der Waals surface area (Å²) in [4.78, 5) is 0. The Hall–Kier alpha value is -3.29. The summed E-state index contributed by atoms with van der Waals surface area (Å²) >= 11 is 0. The van der Waals surface area contributed by atoms with E-state index in [2.05, 4.69) is 62.6 Å². The van der Waals surface area contributed by atoms with Crippen LogP contribution in [0, 0.1) is 0 Å². The molecule has 31 heavy (non-hydrogen) atoms. The van der Waals surface area contributed by atoms with Crippen molar-refractivity contribution in [3.05, 3.63) is 90.3 Å². The number of tetrazole rings is 1. The van der Waals surface area contributed by atoms with Crippen LogP contribution >= 0.6 is 0 Å². The van der Waals surface area contributed by atoms with Crippen LogP contribution < -0.4 is 15.4 Å². The Kier molecular flexibility index (Phi) is 5.86. The van der Waals surface area contributed by atoms with E-state index in [1.165, 1.54) is 5.56 Å². The van der Waals surface area contributed by atoms with E-state index >= 15 is 0 Å². The van der Waals surface area contributed by atoms with Crippen LogP contribution in [-0.4, -0.2) is 38.9 Å². The van der Waals surface area contributed by atoms with Crippen molar-refractivity contribution in [1.29, 1.82) is 0 Å². The van der Waals surface area contributed by atoms with Crippen LogP contribution in [-0.2, 0) is 6.54 Å². The lowest BCUT2D eigenvalue weighted by atomic mass is 9.92. The first-order chi connectivity index (χ1) is 15.4. The standard InChI is InChI=1S/C24H26N6O/c1-2-7-18(8-3-1)24-22(11-6-14-25-24)26-16-19-15-20(30-17-27-28-29-30)12-13-23(19)31-21-9-4-5-10-21/h1-5,7-10,12-13,15,17,21-22,24-26H,6,11,14,16H2. The normalized spacial score (nSPS) is 20.9. The highest BCUT2D eigenvalue weighted by Crippen LogP contribution is 2.27. The lowest BCUT2D eigenvalue weighted by Crippen LogP contribution is -2.45. The third-order valence-electron chi connectivity index (χ3n) is 5.81. The van der Waals surface area contributed by atoms with Gasteiger partial charge in [0.25, 0.3) is 0 Å². The van der Waals surface area contributed by atoms with Crippen LogP contribution in [0.1, 0.15) is 30.0 Å². The minimum Gasteiger partial charge on any atom is -0.482 e. The van der Waals surface area contributed by atoms with Crippen molar-refractivity contribution in [3.63, 3.8) is 0 Å². The fourth-order valence-corrected chi connectivity index (χ4v) is 4.24. The molecular formula is C24H26N6O. The number of aromatic nitrogens is 4. The molecule has 3 aromatic rings. The molecule has 0 bridgehead atoms. The van der Waals surface area contributed by atoms with Crippen molar-refractivity contribution >= 4 is 0 Å². The summed E-state index contributed by atoms with van der Waals surface area (Å²) in [5, 5.41) is 19.0. The van der Waals surface area contributed by atoms with Gasteiger partial charge in [-0.3, -0.25) is 0 Å². The van der Waals surface area contributed by atoms with Crippen LogP contribution in [0.3, 0.4) is 0 Å². The van der Waals surface area contributed by atoms with Gasteiger partial charge < -0.3 is 15.4 Å². The molecule has 7 heteroatoms. The number of nitrogens with zero attached hydrogens (tertiary/aromatic N) is 4. The van der Waals surface area contributed by atoms with E-state index in [-0.39, 0.29) is 6.10 Å². The van der Waals surface area contributed by atoms with Crippen LogP contribution in [0.5, 0.6) is 5.75 Å². The Morgan fingerprint density at radius 2 is 1.97 bits per heavy atom. The number of rotatable bonds is 7. The number of piperidine rings is 1. The first kappa shape index (κ1) is 19.7. The van der Waals surface area contributed by atoms with E-state index in [9.17, 15) is 0 Å². The first-order valence-corrected chi connectivity index (χ1v) is 10.8. The zero-order valence-electron chi connectivity index (χ0n) is 17.3. The van der Waals surface area contributed by atoms with E-state index in [1.807, 2.05) is 36.4 Å². The number of hydrogen-bond acceptors (Lipinski definition) is 6. The third kappa shape index (κ3) is 4.57. The van der Waals surface area contributed by atoms with Gasteiger partial charge in [0.1, 0.15) is 18.2 Å². The number of allylic oxidation sites excluding steroid dienone is 2. The molecule has 2 aromatic carbocycles. The molecule has 1 saturated heterocycles. The third-order valence-corrected chi connectivity index (χ3v) is 5.81. The van der Waals surface area contributed by atoms with E-state index in [0.29, 0.717) is 18.6 Å². The van der Waals surface area contributed by atoms with Crippen molar-refractivity contribution < 1.29 is 4.74 Å². The van der Waals surface area contributed by atoms with Gasteiger partial charge in [0.05, 0.1) is 5.69 Å². The fraction of sp³-hybridized carbons (Fsp3) is 0.292. The highest BCUT2D eigenvalue weighted by Gasteiger charge is 2.26. The summed E-state index contributed by atoms with van der Waals surface area (Å²) < 4.78 is 7.90. The van der Waals surface area contributed by atoms with Crippen molar-refractivity contribution in [2.45, 2.75) is 37.6 Å². The molecule has 2 atom stereocenters. The second-order valence-electron chi connectivity index (χ2n) is 7.87. The molecule has 2 N–H and O–H groups in total. The molecule has 2 aliphatic rings. The molecule has 1 aliphatic carbocycles. The molecule has 7 nitrogen and oxygen atoms in total. The van der Waals surface area contributed by atoms with Gasteiger partial charge >= 0.3 is 0 Å². The number of ether oxygens (including phenoxy) is 1. The van der Waals surface area contributed by atoms with Gasteiger partial charge in [0.15, 0.2) is 0 Å². The van der Waals surface area contributed by atoms with Crippen LogP contribution in [0.15, 0.2) is 79.2 Å². The van der Waals surface area contributed by atoms with Gasteiger partial charge in [-0.1, -0.05) is 42.5 Å². The Morgan fingerprint density at radius 3 is 2.77 bits per heavy atom. The summed E-state index contributed by atoms with van der Waals surface area (Å²) in [6.45, 7) is 1.74. The Bertz CT molecular complexity index is 1040. The lowest BCUT2D eigenvalue weighted by Gasteiger charge is -2.34. The van der Waals surface area contributed by atoms with E-state index in [0.717, 1.165) is 36.4 Å². The van der Waals surface area contributed by atoms with E-state index in [4.69, 9.17) is 4.74 Å². The fourth-order valence-electron chi connectivity index (χ4n) is 4.24. The molecule has 1 aromatic heterocycles. The first-order valence-electron chi connectivity index (χ1n) is 10.8. The summed E-state index contributed by atoms with van der Waals surface area (Å²) in [6.07, 6.45) is 12.0. The summed E-state index contributed by atoms with van der Waals surface area (Å²) in [5.41, 5.74) is 3.31. The highest BCUT2D eigenvalue weighted by atomic mass is 16.5. The monoisotopic (exact) mass is 414 g/mol. The molecule has 0 radical (unpaired) electrons. The lowest BCUT2D eigenvalue weighted by molar-refractivity contribution is 0.286. The van der Waals surface area contributed by atoms with E-state index in [1.54, 1.807) is 11.0 Å². The number of benzene rings is 2. The van der Waals surface area contributed by atoms with Crippen molar-refractivity contribution in [3.8, 4) is 11.4 Å². The van der Waals surface area contributed by atoms with Crippen molar-refractivity contribution in [1.82, 2.24) is 30.8 Å². The molecule has 0 spiro atoms. The molecule has 158 valence electrons. The largest absolute Gasteiger partial charge is 0.482 e. The summed E-state index contributed by atoms with van der Waals surface area (Å²) in [5.74, 6) is 0.866. The molecule has 1 fully saturated rings. The van der Waals surface area contributed by atoms with Gasteiger partial charge in [0.2, 0.25) is 0 Å². The average molecular weight is 415 g/mol. The predicted molar refractivity (Wildman–Crippen MR) is 119 cm³/mol. The van der Waals surface area contributed by atoms with Crippen molar-refractivity contribution in [2.24, 2.45) is 0 Å². The smallest absolute Gasteiger partial charge is 0.143 e. The Morgan fingerprint density at radius 1 is 1.10 bits per heavy atom. The predicted octanol–water partition coefficient (Wildman–Crippen LogP) is 3.12. The Balaban J connectivity index is 1.37. The summed E-state index contributed by atoms with van der Waals surface area (Å²) in [6, 6.07) is 17.4. The van der Waals surface area contributed by atoms with Gasteiger partial charge in [-0.2, -0.15) is 0 Å². The maximum absolute atomic E-state index is 6.24. The zero-order chi connectivity index (χ0) is 20.9. The molecule has 0 saturated carbocycles. The molecule has 1 aliphatic heterocycles. The topological polar surface area (TPSA) is 76.9 Å². The summed E-state index contributed by atoms with van der Waals surface area (Å²) in [7, 11) is 0. The minimum atomic E-state index is -0.0361. The number of nitrogens with one attached hydrogen (secondary N) is 2. The SMILES string of the molecule is C1=CC(Oc2ccc(-n3cnnn3)cc2CNC2CCCNC2c2ccccc2)C=C1. The van der Waals surface area contributed by atoms with Gasteiger partial charge in [-0.15, -0.1) is 5.10 Å². The second kappa shape index (κ2) is 9.24. The molecule has 2 heterocycles. The van der Waals surface area contributed by atoms with Crippen molar-refractivity contribution in [2.75, 3.05) is 6.54 Å². The Labute approximate surface area is 181 Å². The quantitative estimate of drug-likeness (QED) is 0.619. The molecule has 2 unspecified atom stereocenters. The van der Waals surface area contributed by atoms with Gasteiger partial charge in [-0.25, -0.2) is 4.68 Å². The molecule has 0 amide bonds. The van der Waals surface area contributed by atoms with Gasteiger partial charge in [0, 0.05) is 24.2 Å².